The molecule has 2 aromatic rings. The number of nitrogens with two attached hydrogens (primary N) is 1. The van der Waals surface area contributed by atoms with Crippen LogP contribution < -0.4 is 11.3 Å². The summed E-state index contributed by atoms with van der Waals surface area (Å²) in [7, 11) is 0. The van der Waals surface area contributed by atoms with Gasteiger partial charge in [0.1, 0.15) is 10.8 Å². The van der Waals surface area contributed by atoms with E-state index in [0.29, 0.717) is 5.03 Å². The lowest BCUT2D eigenvalue weighted by molar-refractivity contribution is -0.385. The molecule has 0 spiro atoms. The molecular formula is C12H12N4O2S. The number of nitro groups is 1. The van der Waals surface area contributed by atoms with Crippen LogP contribution in [0.25, 0.3) is 0 Å². The summed E-state index contributed by atoms with van der Waals surface area (Å²) in [5.74, 6) is 5.52. The van der Waals surface area contributed by atoms with Crippen LogP contribution in [0.5, 0.6) is 0 Å². The number of anilines is 1. The number of aryl methyl sites for hydroxylation is 1. The van der Waals surface area contributed by atoms with Crippen molar-refractivity contribution < 1.29 is 4.92 Å². The van der Waals surface area contributed by atoms with Gasteiger partial charge in [0, 0.05) is 11.0 Å². The molecular weight excluding hydrogens is 264 g/mol. The van der Waals surface area contributed by atoms with E-state index in [0.717, 1.165) is 10.5 Å². The van der Waals surface area contributed by atoms with Gasteiger partial charge in [-0.25, -0.2) is 10.8 Å². The predicted octanol–water partition coefficient (Wildman–Crippen LogP) is 2.74. The number of rotatable bonds is 4. The van der Waals surface area contributed by atoms with Gasteiger partial charge in [0.2, 0.25) is 0 Å². The van der Waals surface area contributed by atoms with E-state index in [1.165, 1.54) is 23.9 Å². The van der Waals surface area contributed by atoms with Crippen LogP contribution >= 0.6 is 11.8 Å². The van der Waals surface area contributed by atoms with E-state index in [1.807, 2.05) is 31.2 Å². The molecule has 98 valence electrons. The summed E-state index contributed by atoms with van der Waals surface area (Å²) in [6, 6.07) is 10.5. The molecule has 3 N–H and O–H groups in total. The summed E-state index contributed by atoms with van der Waals surface area (Å²) in [5, 5.41) is 11.3. The molecule has 1 aromatic heterocycles. The monoisotopic (exact) mass is 276 g/mol. The van der Waals surface area contributed by atoms with Crippen LogP contribution in [0.3, 0.4) is 0 Å². The molecule has 0 unspecified atom stereocenters. The molecule has 0 aliphatic heterocycles. The molecule has 0 radical (unpaired) electrons. The zero-order chi connectivity index (χ0) is 13.8. The number of benzene rings is 1. The highest BCUT2D eigenvalue weighted by molar-refractivity contribution is 7.99. The molecule has 0 aliphatic carbocycles. The highest BCUT2D eigenvalue weighted by Gasteiger charge is 2.11. The highest BCUT2D eigenvalue weighted by Crippen LogP contribution is 2.30. The molecule has 0 bridgehead atoms. The molecule has 1 heterocycles. The molecule has 0 fully saturated rings. The van der Waals surface area contributed by atoms with E-state index in [1.54, 1.807) is 0 Å². The van der Waals surface area contributed by atoms with Gasteiger partial charge in [-0.15, -0.1) is 0 Å². The first kappa shape index (κ1) is 13.3. The van der Waals surface area contributed by atoms with Gasteiger partial charge >= 0.3 is 0 Å². The van der Waals surface area contributed by atoms with Crippen molar-refractivity contribution in [2.24, 2.45) is 5.84 Å². The van der Waals surface area contributed by atoms with Gasteiger partial charge in [0.15, 0.2) is 0 Å². The quantitative estimate of drug-likeness (QED) is 0.506. The van der Waals surface area contributed by atoms with Crippen LogP contribution in [0.2, 0.25) is 0 Å². The topological polar surface area (TPSA) is 94.1 Å². The molecule has 0 saturated heterocycles. The van der Waals surface area contributed by atoms with Crippen LogP contribution in [-0.4, -0.2) is 9.91 Å². The Kier molecular flexibility index (Phi) is 3.98. The van der Waals surface area contributed by atoms with Crippen molar-refractivity contribution in [2.45, 2.75) is 16.8 Å². The third kappa shape index (κ3) is 3.43. The second-order valence-electron chi connectivity index (χ2n) is 3.87. The number of hydrogen-bond acceptors (Lipinski definition) is 6. The Bertz CT molecular complexity index is 601. The highest BCUT2D eigenvalue weighted by atomic mass is 32.2. The van der Waals surface area contributed by atoms with Gasteiger partial charge in [-0.1, -0.05) is 29.5 Å². The predicted molar refractivity (Wildman–Crippen MR) is 74.0 cm³/mol. The molecule has 2 rings (SSSR count). The number of pyridine rings is 1. The number of nitrogens with one attached hydrogen (secondary N) is 1. The fourth-order valence-corrected chi connectivity index (χ4v) is 2.29. The Morgan fingerprint density at radius 3 is 2.58 bits per heavy atom. The van der Waals surface area contributed by atoms with Gasteiger partial charge in [-0.05, 0) is 19.1 Å². The maximum Gasteiger partial charge on any atom is 0.275 e. The number of hydrogen-bond donors (Lipinski definition) is 2. The number of aromatic nitrogens is 1. The van der Waals surface area contributed by atoms with Crippen LogP contribution in [0.1, 0.15) is 5.56 Å². The largest absolute Gasteiger partial charge is 0.308 e. The smallest absolute Gasteiger partial charge is 0.275 e. The van der Waals surface area contributed by atoms with Crippen LogP contribution in [0.15, 0.2) is 46.3 Å². The molecule has 19 heavy (non-hydrogen) atoms. The second kappa shape index (κ2) is 5.68. The van der Waals surface area contributed by atoms with Crippen LogP contribution in [-0.2, 0) is 0 Å². The van der Waals surface area contributed by atoms with E-state index in [4.69, 9.17) is 5.84 Å². The van der Waals surface area contributed by atoms with Crippen molar-refractivity contribution in [1.29, 1.82) is 0 Å². The van der Waals surface area contributed by atoms with Gasteiger partial charge < -0.3 is 5.43 Å². The van der Waals surface area contributed by atoms with Gasteiger partial charge in [-0.3, -0.25) is 10.1 Å². The Morgan fingerprint density at radius 2 is 2.00 bits per heavy atom. The number of hydrazine groups is 1. The SMILES string of the molecule is Cc1ccc(Sc2cc([N+](=O)[O-])cc(NN)n2)cc1. The fraction of sp³-hybridized carbons (Fsp3) is 0.0833. The molecule has 0 amide bonds. The molecule has 7 heteroatoms. The lowest BCUT2D eigenvalue weighted by Crippen LogP contribution is -2.09. The minimum absolute atomic E-state index is 0.0439. The zero-order valence-corrected chi connectivity index (χ0v) is 11.0. The Labute approximate surface area is 114 Å². The minimum atomic E-state index is -0.471. The minimum Gasteiger partial charge on any atom is -0.308 e. The van der Waals surface area contributed by atoms with Crippen molar-refractivity contribution in [3.63, 3.8) is 0 Å². The first-order chi connectivity index (χ1) is 9.08. The molecule has 0 aliphatic rings. The molecule has 1 aromatic carbocycles. The standard InChI is InChI=1S/C12H12N4O2S/c1-8-2-4-10(5-3-8)19-12-7-9(16(17)18)6-11(14-12)15-13/h2-7H,13H2,1H3,(H,14,15). The Balaban J connectivity index is 2.31. The summed E-state index contributed by atoms with van der Waals surface area (Å²) in [5.41, 5.74) is 3.44. The van der Waals surface area contributed by atoms with Gasteiger partial charge in [0.25, 0.3) is 5.69 Å². The van der Waals surface area contributed by atoms with Crippen molar-refractivity contribution in [2.75, 3.05) is 5.43 Å². The van der Waals surface area contributed by atoms with Crippen molar-refractivity contribution in [3.8, 4) is 0 Å². The number of nitrogen functional groups attached to an aromatic ring is 1. The maximum atomic E-state index is 10.8. The normalized spacial score (nSPS) is 10.2. The van der Waals surface area contributed by atoms with E-state index in [-0.39, 0.29) is 11.5 Å². The number of nitrogens with zero attached hydrogens (tertiary/aromatic N) is 2. The second-order valence-corrected chi connectivity index (χ2v) is 4.96. The lowest BCUT2D eigenvalue weighted by Gasteiger charge is -2.04. The van der Waals surface area contributed by atoms with Crippen LogP contribution in [0.4, 0.5) is 11.5 Å². The summed E-state index contributed by atoms with van der Waals surface area (Å²) in [4.78, 5) is 15.5. The first-order valence-electron chi connectivity index (χ1n) is 5.46. The summed E-state index contributed by atoms with van der Waals surface area (Å²) >= 11 is 1.35. The van der Waals surface area contributed by atoms with E-state index in [9.17, 15) is 10.1 Å². The fourth-order valence-electron chi connectivity index (χ4n) is 1.45. The summed E-state index contributed by atoms with van der Waals surface area (Å²) < 4.78 is 0. The zero-order valence-electron chi connectivity index (χ0n) is 10.2. The average Bonchev–Trinajstić information content (AvgIpc) is 2.41. The third-order valence-electron chi connectivity index (χ3n) is 2.39. The third-order valence-corrected chi connectivity index (χ3v) is 3.31. The molecule has 6 nitrogen and oxygen atoms in total. The molecule has 0 saturated carbocycles. The lowest BCUT2D eigenvalue weighted by atomic mass is 10.2. The van der Waals surface area contributed by atoms with E-state index >= 15 is 0 Å². The van der Waals surface area contributed by atoms with E-state index in [2.05, 4.69) is 10.4 Å². The molecule has 0 atom stereocenters. The van der Waals surface area contributed by atoms with Crippen molar-refractivity contribution >= 4 is 23.3 Å². The van der Waals surface area contributed by atoms with Gasteiger partial charge in [-0.2, -0.15) is 0 Å². The maximum absolute atomic E-state index is 10.8. The van der Waals surface area contributed by atoms with E-state index < -0.39 is 4.92 Å². The first-order valence-corrected chi connectivity index (χ1v) is 6.28. The summed E-state index contributed by atoms with van der Waals surface area (Å²) in [6.07, 6.45) is 0. The van der Waals surface area contributed by atoms with Crippen molar-refractivity contribution in [3.05, 3.63) is 52.1 Å². The summed E-state index contributed by atoms with van der Waals surface area (Å²) in [6.45, 7) is 2.00. The Hall–Kier alpha value is -2.12. The average molecular weight is 276 g/mol. The van der Waals surface area contributed by atoms with Crippen LogP contribution in [0, 0.1) is 17.0 Å². The van der Waals surface area contributed by atoms with Gasteiger partial charge in [0.05, 0.1) is 11.0 Å². The van der Waals surface area contributed by atoms with Crippen molar-refractivity contribution in [1.82, 2.24) is 4.98 Å². The Morgan fingerprint density at radius 1 is 1.32 bits per heavy atom.